The Hall–Kier alpha value is 1.07. The summed E-state index contributed by atoms with van der Waals surface area (Å²) in [5.74, 6) is 0. The fourth-order valence-electron chi connectivity index (χ4n) is 0.160. The van der Waals surface area contributed by atoms with Gasteiger partial charge in [-0.15, -0.1) is 0 Å². The Labute approximate surface area is 76.0 Å². The number of aliphatic hydroxyl groups is 1. The van der Waals surface area contributed by atoms with Gasteiger partial charge in [-0.2, -0.15) is 0 Å². The SMILES string of the molecule is O=P(O)(O)OCCO.[H-].[Na+]. The Balaban J connectivity index is -0.000000245. The Bertz CT molecular complexity index is 104. The summed E-state index contributed by atoms with van der Waals surface area (Å²) in [6.07, 6.45) is 0. The van der Waals surface area contributed by atoms with E-state index in [0.717, 1.165) is 0 Å². The van der Waals surface area contributed by atoms with Crippen molar-refractivity contribution in [1.29, 1.82) is 0 Å². The number of rotatable bonds is 3. The summed E-state index contributed by atoms with van der Waals surface area (Å²) >= 11 is 0. The molecule has 0 saturated carbocycles. The smallest absolute Gasteiger partial charge is 1.00 e. The molecule has 7 heteroatoms. The average Bonchev–Trinajstić information content (AvgIpc) is 1.59. The van der Waals surface area contributed by atoms with Crippen LogP contribution < -0.4 is 29.6 Å². The number of phosphoric ester groups is 1. The van der Waals surface area contributed by atoms with Crippen LogP contribution in [0.1, 0.15) is 1.43 Å². The predicted octanol–water partition coefficient (Wildman–Crippen LogP) is -3.80. The molecule has 0 fully saturated rings. The van der Waals surface area contributed by atoms with Gasteiger partial charge in [-0.1, -0.05) is 0 Å². The van der Waals surface area contributed by atoms with E-state index in [1.165, 1.54) is 0 Å². The van der Waals surface area contributed by atoms with Crippen LogP contribution in [0.5, 0.6) is 0 Å². The van der Waals surface area contributed by atoms with Crippen LogP contribution in [0.4, 0.5) is 0 Å². The fourth-order valence-corrected chi connectivity index (χ4v) is 0.479. The van der Waals surface area contributed by atoms with Crippen LogP contribution in [-0.2, 0) is 9.09 Å². The molecule has 0 aliphatic carbocycles. The Morgan fingerprint density at radius 3 is 2.11 bits per heavy atom. The molecular weight excluding hydrogens is 158 g/mol. The summed E-state index contributed by atoms with van der Waals surface area (Å²) in [5.41, 5.74) is 0. The zero-order valence-corrected chi connectivity index (χ0v) is 7.91. The van der Waals surface area contributed by atoms with Crippen molar-refractivity contribution in [3.05, 3.63) is 0 Å². The van der Waals surface area contributed by atoms with Gasteiger partial charge in [-0.05, 0) is 0 Å². The van der Waals surface area contributed by atoms with Gasteiger partial charge in [0.15, 0.2) is 0 Å². The van der Waals surface area contributed by atoms with Crippen LogP contribution in [0, 0.1) is 0 Å². The van der Waals surface area contributed by atoms with Gasteiger partial charge in [-0.3, -0.25) is 4.52 Å². The topological polar surface area (TPSA) is 87.0 Å². The molecular formula is C2H8NaO5P. The third-order valence-electron chi connectivity index (χ3n) is 0.351. The summed E-state index contributed by atoms with van der Waals surface area (Å²) in [4.78, 5) is 15.9. The molecule has 0 aromatic rings. The van der Waals surface area contributed by atoms with E-state index in [-0.39, 0.29) is 44.2 Å². The normalized spacial score (nSPS) is 10.6. The zero-order chi connectivity index (χ0) is 6.62. The van der Waals surface area contributed by atoms with Crippen LogP contribution in [0.2, 0.25) is 0 Å². The summed E-state index contributed by atoms with van der Waals surface area (Å²) in [7, 11) is -4.34. The quantitative estimate of drug-likeness (QED) is 0.295. The Morgan fingerprint density at radius 1 is 1.56 bits per heavy atom. The molecule has 0 heterocycles. The number of phosphoric acid groups is 1. The molecule has 0 spiro atoms. The van der Waals surface area contributed by atoms with Gasteiger partial charge in [-0.25, -0.2) is 4.57 Å². The van der Waals surface area contributed by atoms with Gasteiger partial charge in [0.05, 0.1) is 13.2 Å². The summed E-state index contributed by atoms with van der Waals surface area (Å²) < 4.78 is 13.5. The van der Waals surface area contributed by atoms with Gasteiger partial charge in [0.1, 0.15) is 0 Å². The van der Waals surface area contributed by atoms with Crippen LogP contribution in [-0.4, -0.2) is 28.1 Å². The van der Waals surface area contributed by atoms with Gasteiger partial charge < -0.3 is 16.3 Å². The van der Waals surface area contributed by atoms with Crippen molar-refractivity contribution in [3.63, 3.8) is 0 Å². The van der Waals surface area contributed by atoms with Crippen LogP contribution in [0.25, 0.3) is 0 Å². The molecule has 9 heavy (non-hydrogen) atoms. The molecule has 0 bridgehead atoms. The van der Waals surface area contributed by atoms with Crippen molar-refractivity contribution in [2.24, 2.45) is 0 Å². The van der Waals surface area contributed by atoms with E-state index in [1.807, 2.05) is 0 Å². The molecule has 0 aromatic heterocycles. The van der Waals surface area contributed by atoms with Crippen molar-refractivity contribution >= 4 is 7.82 Å². The molecule has 52 valence electrons. The first kappa shape index (κ1) is 12.7. The van der Waals surface area contributed by atoms with Crippen molar-refractivity contribution < 1.29 is 55.0 Å². The van der Waals surface area contributed by atoms with Crippen LogP contribution in [0.15, 0.2) is 0 Å². The zero-order valence-electron chi connectivity index (χ0n) is 6.02. The molecule has 0 aliphatic rings. The van der Waals surface area contributed by atoms with Crippen molar-refractivity contribution in [2.45, 2.75) is 0 Å². The molecule has 0 unspecified atom stereocenters. The molecule has 0 radical (unpaired) electrons. The maximum atomic E-state index is 9.75. The van der Waals surface area contributed by atoms with E-state index in [2.05, 4.69) is 4.52 Å². The first-order valence-electron chi connectivity index (χ1n) is 1.87. The van der Waals surface area contributed by atoms with Gasteiger partial charge in [0, 0.05) is 0 Å². The molecule has 3 N–H and O–H groups in total. The number of hydrogen-bond acceptors (Lipinski definition) is 3. The molecule has 0 atom stereocenters. The summed E-state index contributed by atoms with van der Waals surface area (Å²) in [5, 5.41) is 7.96. The van der Waals surface area contributed by atoms with Crippen LogP contribution in [0.3, 0.4) is 0 Å². The van der Waals surface area contributed by atoms with Crippen LogP contribution >= 0.6 is 7.82 Å². The first-order chi connectivity index (χ1) is 3.56. The third-order valence-corrected chi connectivity index (χ3v) is 0.870. The van der Waals surface area contributed by atoms with Gasteiger partial charge >= 0.3 is 37.4 Å². The fraction of sp³-hybridized carbons (Fsp3) is 1.00. The Morgan fingerprint density at radius 2 is 2.00 bits per heavy atom. The monoisotopic (exact) mass is 166 g/mol. The van der Waals surface area contributed by atoms with E-state index in [4.69, 9.17) is 14.9 Å². The van der Waals surface area contributed by atoms with Gasteiger partial charge in [0.25, 0.3) is 0 Å². The maximum Gasteiger partial charge on any atom is 1.00 e. The molecule has 5 nitrogen and oxygen atoms in total. The van der Waals surface area contributed by atoms with E-state index < -0.39 is 7.82 Å². The van der Waals surface area contributed by atoms with E-state index in [1.54, 1.807) is 0 Å². The minimum absolute atomic E-state index is 0. The van der Waals surface area contributed by atoms with E-state index in [0.29, 0.717) is 0 Å². The predicted molar refractivity (Wildman–Crippen MR) is 26.2 cm³/mol. The standard InChI is InChI=1S/C2H7O5P.Na.H/c3-1-2-7-8(4,5)6;;/h3H,1-2H2,(H2,4,5,6);;/q;+1;-1. The maximum absolute atomic E-state index is 9.75. The van der Waals surface area contributed by atoms with Crippen molar-refractivity contribution in [2.75, 3.05) is 13.2 Å². The average molecular weight is 166 g/mol. The Kier molecular flexibility index (Phi) is 8.23. The molecule has 0 aromatic carbocycles. The number of aliphatic hydroxyl groups excluding tert-OH is 1. The largest absolute Gasteiger partial charge is 1.00 e. The van der Waals surface area contributed by atoms with Crippen molar-refractivity contribution in [3.8, 4) is 0 Å². The van der Waals surface area contributed by atoms with E-state index >= 15 is 0 Å². The van der Waals surface area contributed by atoms with Gasteiger partial charge in [0.2, 0.25) is 0 Å². The van der Waals surface area contributed by atoms with Crippen molar-refractivity contribution in [1.82, 2.24) is 0 Å². The molecule has 0 saturated heterocycles. The van der Waals surface area contributed by atoms with E-state index in [9.17, 15) is 4.57 Å². The third kappa shape index (κ3) is 12.3. The minimum atomic E-state index is -4.34. The second kappa shape index (κ2) is 5.82. The minimum Gasteiger partial charge on any atom is -1.00 e. The number of hydrogen-bond donors (Lipinski definition) is 3. The summed E-state index contributed by atoms with van der Waals surface area (Å²) in [6.45, 7) is -0.713. The molecule has 0 amide bonds. The first-order valence-corrected chi connectivity index (χ1v) is 3.40. The molecule has 0 aliphatic heterocycles. The second-order valence-corrected chi connectivity index (χ2v) is 2.29. The summed E-state index contributed by atoms with van der Waals surface area (Å²) in [6, 6.07) is 0. The molecule has 0 rings (SSSR count). The second-order valence-electron chi connectivity index (χ2n) is 1.05.